The van der Waals surface area contributed by atoms with Crippen molar-refractivity contribution in [2.24, 2.45) is 5.92 Å². The van der Waals surface area contributed by atoms with Gasteiger partial charge in [-0.05, 0) is 30.5 Å². The van der Waals surface area contributed by atoms with Crippen LogP contribution in [0.3, 0.4) is 0 Å². The van der Waals surface area contributed by atoms with Crippen LogP contribution < -0.4 is 10.6 Å². The summed E-state index contributed by atoms with van der Waals surface area (Å²) in [6, 6.07) is 5.77. The molecule has 2 rings (SSSR count). The Morgan fingerprint density at radius 2 is 2.25 bits per heavy atom. The molecular formula is C12H15N2O2+. The van der Waals surface area contributed by atoms with E-state index in [0.29, 0.717) is 6.42 Å². The summed E-state index contributed by atoms with van der Waals surface area (Å²) in [6.07, 6.45) is 0.511. The first kappa shape index (κ1) is 10.8. The van der Waals surface area contributed by atoms with Crippen LogP contribution in [-0.4, -0.2) is 18.9 Å². The second-order valence-electron chi connectivity index (χ2n) is 4.04. The van der Waals surface area contributed by atoms with Gasteiger partial charge in [0, 0.05) is 5.69 Å². The number of primary amides is 1. The van der Waals surface area contributed by atoms with Crippen LogP contribution in [0, 0.1) is 12.8 Å². The highest BCUT2D eigenvalue weighted by Crippen LogP contribution is 2.27. The number of rotatable bonds is 1. The van der Waals surface area contributed by atoms with Crippen molar-refractivity contribution in [1.82, 2.24) is 0 Å². The lowest BCUT2D eigenvalue weighted by molar-refractivity contribution is -0.541. The number of hydrogen-bond donors (Lipinski definition) is 2. The number of benzene rings is 1. The molecule has 1 aliphatic heterocycles. The van der Waals surface area contributed by atoms with Crippen molar-refractivity contribution >= 4 is 17.5 Å². The van der Waals surface area contributed by atoms with Crippen molar-refractivity contribution in [2.45, 2.75) is 13.3 Å². The molecule has 0 bridgehead atoms. The Morgan fingerprint density at radius 1 is 1.50 bits per heavy atom. The molecule has 0 aromatic heterocycles. The average molecular weight is 219 g/mol. The highest BCUT2D eigenvalue weighted by atomic mass is 16.2. The number of nitrogens with two attached hydrogens (primary N) is 1. The third kappa shape index (κ3) is 1.72. The van der Waals surface area contributed by atoms with E-state index in [-0.39, 0.29) is 11.8 Å². The maximum atomic E-state index is 11.7. The topological polar surface area (TPSA) is 62.8 Å². The Balaban J connectivity index is 2.37. The molecule has 1 aliphatic rings. The Morgan fingerprint density at radius 3 is 2.94 bits per heavy atom. The summed E-state index contributed by atoms with van der Waals surface area (Å²) >= 11 is 0. The minimum Gasteiger partial charge on any atom is -0.325 e. The molecule has 0 saturated carbocycles. The molecule has 0 aliphatic carbocycles. The summed E-state index contributed by atoms with van der Waals surface area (Å²) in [5.41, 5.74) is 3.03. The molecule has 1 atom stereocenters. The fourth-order valence-electron chi connectivity index (χ4n) is 2.04. The van der Waals surface area contributed by atoms with E-state index in [9.17, 15) is 9.59 Å². The van der Waals surface area contributed by atoms with Crippen LogP contribution in [0.1, 0.15) is 11.1 Å². The maximum absolute atomic E-state index is 11.7. The summed E-state index contributed by atoms with van der Waals surface area (Å²) in [4.78, 5) is 23.3. The van der Waals surface area contributed by atoms with Crippen LogP contribution >= 0.6 is 0 Å². The van der Waals surface area contributed by atoms with E-state index in [0.717, 1.165) is 16.8 Å². The van der Waals surface area contributed by atoms with Gasteiger partial charge in [0.2, 0.25) is 5.91 Å². The minimum absolute atomic E-state index is 0.105. The standard InChI is InChI=1S/C12H14N2O2/c1-7-4-3-5-10-8(7)6-9(11(15)13-2)12(16)14-10/h3-5,9H,6H2,1-2H3,(H,13,15)(H,14,16)/p+1. The third-order valence-corrected chi connectivity index (χ3v) is 3.02. The smallest absolute Gasteiger partial charge is 0.323 e. The zero-order valence-electron chi connectivity index (χ0n) is 9.41. The van der Waals surface area contributed by atoms with Crippen molar-refractivity contribution < 1.29 is 14.9 Å². The van der Waals surface area contributed by atoms with Gasteiger partial charge in [0.15, 0.2) is 5.92 Å². The van der Waals surface area contributed by atoms with Gasteiger partial charge in [-0.1, -0.05) is 12.1 Å². The van der Waals surface area contributed by atoms with Gasteiger partial charge in [-0.3, -0.25) is 10.1 Å². The molecule has 1 heterocycles. The van der Waals surface area contributed by atoms with E-state index in [1.165, 1.54) is 5.32 Å². The fraction of sp³-hybridized carbons (Fsp3) is 0.333. The fourth-order valence-corrected chi connectivity index (χ4v) is 2.04. The van der Waals surface area contributed by atoms with E-state index in [1.807, 2.05) is 25.1 Å². The van der Waals surface area contributed by atoms with Crippen LogP contribution in [0.25, 0.3) is 0 Å². The summed E-state index contributed by atoms with van der Waals surface area (Å²) in [6.45, 7) is 1.99. The summed E-state index contributed by atoms with van der Waals surface area (Å²) < 4.78 is 0. The van der Waals surface area contributed by atoms with Gasteiger partial charge >= 0.3 is 5.91 Å². The number of amides is 2. The number of fused-ring (bicyclic) bond motifs is 1. The third-order valence-electron chi connectivity index (χ3n) is 3.02. The largest absolute Gasteiger partial charge is 0.325 e. The molecule has 3 N–H and O–H groups in total. The maximum Gasteiger partial charge on any atom is 0.323 e. The first-order valence-electron chi connectivity index (χ1n) is 5.36. The van der Waals surface area contributed by atoms with Crippen molar-refractivity contribution in [3.8, 4) is 0 Å². The molecule has 84 valence electrons. The number of anilines is 1. The SMILES string of the molecule is C[NH2+]C(=O)C1Cc2c(C)cccc2NC1=O. The van der Waals surface area contributed by atoms with E-state index in [2.05, 4.69) is 5.32 Å². The second-order valence-corrected chi connectivity index (χ2v) is 4.04. The number of carbonyl (C=O) groups is 2. The number of aryl methyl sites for hydroxylation is 1. The van der Waals surface area contributed by atoms with Crippen LogP contribution in [0.5, 0.6) is 0 Å². The van der Waals surface area contributed by atoms with E-state index < -0.39 is 5.92 Å². The summed E-state index contributed by atoms with van der Waals surface area (Å²) in [7, 11) is 1.67. The monoisotopic (exact) mass is 219 g/mol. The molecule has 1 aromatic carbocycles. The van der Waals surface area contributed by atoms with Gasteiger partial charge < -0.3 is 5.32 Å². The Bertz CT molecular complexity index is 454. The number of carbonyl (C=O) groups excluding carboxylic acids is 2. The van der Waals surface area contributed by atoms with Gasteiger partial charge in [0.25, 0.3) is 0 Å². The van der Waals surface area contributed by atoms with Gasteiger partial charge in [0.1, 0.15) is 0 Å². The molecule has 16 heavy (non-hydrogen) atoms. The van der Waals surface area contributed by atoms with Crippen LogP contribution in [0.15, 0.2) is 18.2 Å². The van der Waals surface area contributed by atoms with Gasteiger partial charge in [-0.25, -0.2) is 4.79 Å². The molecule has 0 radical (unpaired) electrons. The lowest BCUT2D eigenvalue weighted by atomic mass is 9.90. The van der Waals surface area contributed by atoms with E-state index >= 15 is 0 Å². The lowest BCUT2D eigenvalue weighted by Crippen LogP contribution is -2.86. The van der Waals surface area contributed by atoms with E-state index in [4.69, 9.17) is 0 Å². The van der Waals surface area contributed by atoms with Crippen molar-refractivity contribution in [2.75, 3.05) is 12.4 Å². The van der Waals surface area contributed by atoms with Gasteiger partial charge in [-0.15, -0.1) is 0 Å². The van der Waals surface area contributed by atoms with Crippen molar-refractivity contribution in [1.29, 1.82) is 0 Å². The summed E-state index contributed by atoms with van der Waals surface area (Å²) in [5.74, 6) is -0.855. The molecular weight excluding hydrogens is 204 g/mol. The molecule has 2 amide bonds. The lowest BCUT2D eigenvalue weighted by Gasteiger charge is -2.23. The molecule has 0 fully saturated rings. The Hall–Kier alpha value is -1.68. The molecule has 1 aromatic rings. The van der Waals surface area contributed by atoms with Crippen LogP contribution in [0.2, 0.25) is 0 Å². The average Bonchev–Trinajstić information content (AvgIpc) is 2.28. The van der Waals surface area contributed by atoms with Crippen LogP contribution in [-0.2, 0) is 16.0 Å². The second kappa shape index (κ2) is 4.06. The zero-order valence-corrected chi connectivity index (χ0v) is 9.41. The highest BCUT2D eigenvalue weighted by Gasteiger charge is 2.34. The van der Waals surface area contributed by atoms with Gasteiger partial charge in [-0.2, -0.15) is 0 Å². The predicted octanol–water partition coefficient (Wildman–Crippen LogP) is -0.174. The Labute approximate surface area is 94.0 Å². The van der Waals surface area contributed by atoms with Crippen LogP contribution in [0.4, 0.5) is 5.69 Å². The zero-order chi connectivity index (χ0) is 11.7. The Kier molecular flexibility index (Phi) is 2.75. The number of hydrogen-bond acceptors (Lipinski definition) is 2. The van der Waals surface area contributed by atoms with Crippen molar-refractivity contribution in [3.63, 3.8) is 0 Å². The highest BCUT2D eigenvalue weighted by molar-refractivity contribution is 6.06. The molecule has 4 nitrogen and oxygen atoms in total. The molecule has 4 heteroatoms. The quantitative estimate of drug-likeness (QED) is 0.644. The van der Waals surface area contributed by atoms with Crippen molar-refractivity contribution in [3.05, 3.63) is 29.3 Å². The first-order valence-corrected chi connectivity index (χ1v) is 5.36. The minimum atomic E-state index is -0.557. The number of quaternary nitrogens is 1. The first-order chi connectivity index (χ1) is 7.63. The molecule has 1 unspecified atom stereocenters. The normalized spacial score (nSPS) is 18.9. The number of nitrogens with one attached hydrogen (secondary N) is 1. The molecule has 0 saturated heterocycles. The molecule has 0 spiro atoms. The van der Waals surface area contributed by atoms with Gasteiger partial charge in [0.05, 0.1) is 7.05 Å². The predicted molar refractivity (Wildman–Crippen MR) is 59.9 cm³/mol. The van der Waals surface area contributed by atoms with E-state index in [1.54, 1.807) is 7.05 Å². The summed E-state index contributed by atoms with van der Waals surface area (Å²) in [5, 5.41) is 4.25.